The highest BCUT2D eigenvalue weighted by Crippen LogP contribution is 2.34. The number of aliphatic hydroxyl groups is 1. The molecule has 0 aliphatic carbocycles. The van der Waals surface area contributed by atoms with Gasteiger partial charge in [-0.25, -0.2) is 14.1 Å². The van der Waals surface area contributed by atoms with Gasteiger partial charge in [-0.05, 0) is 66.4 Å². The van der Waals surface area contributed by atoms with E-state index in [0.717, 1.165) is 23.3 Å². The lowest BCUT2D eigenvalue weighted by molar-refractivity contribution is -0.274. The highest BCUT2D eigenvalue weighted by atomic mass is 32.2. The van der Waals surface area contributed by atoms with Crippen LogP contribution in [0.1, 0.15) is 36.5 Å². The van der Waals surface area contributed by atoms with Gasteiger partial charge in [0, 0.05) is 11.3 Å². The third-order valence-corrected chi connectivity index (χ3v) is 7.50. The first kappa shape index (κ1) is 31.8. The number of alkyl halides is 3. The van der Waals surface area contributed by atoms with Crippen molar-refractivity contribution in [1.82, 2.24) is 14.8 Å². The van der Waals surface area contributed by atoms with Crippen LogP contribution in [0.3, 0.4) is 0 Å². The number of rotatable bonds is 10. The molecule has 2 N–H and O–H groups in total. The number of aliphatic hydroxyl groups excluding tert-OH is 1. The van der Waals surface area contributed by atoms with Gasteiger partial charge in [0.2, 0.25) is 12.3 Å². The first-order valence-corrected chi connectivity index (χ1v) is 14.6. The quantitative estimate of drug-likeness (QED) is 0.156. The standard InChI is InChI=1S/C30H28F4N6O4S/c1-17(2)23-11-4-18(3)12-25(23)40-26(41)15-45-29(40)37-27(42)36-20-6-5-19(24(31)13-20)14-43-28-35-16-39(38-28)21-7-9-22(10-8-21)44-30(32,33)34/h4-13,16-17,27,36,42H,14-15H2,1-3H3. The average Bonchev–Trinajstić information content (AvgIpc) is 3.58. The van der Waals surface area contributed by atoms with Crippen LogP contribution in [0.25, 0.3) is 5.69 Å². The number of nitrogens with one attached hydrogen (secondary N) is 1. The van der Waals surface area contributed by atoms with Crippen LogP contribution in [-0.4, -0.2) is 49.4 Å². The van der Waals surface area contributed by atoms with E-state index in [1.807, 2.05) is 39.0 Å². The van der Waals surface area contributed by atoms with Crippen molar-refractivity contribution in [1.29, 1.82) is 0 Å². The van der Waals surface area contributed by atoms with E-state index in [9.17, 15) is 27.5 Å². The summed E-state index contributed by atoms with van der Waals surface area (Å²) in [6.45, 7) is 5.78. The van der Waals surface area contributed by atoms with Gasteiger partial charge in [0.05, 0.1) is 17.1 Å². The van der Waals surface area contributed by atoms with Gasteiger partial charge in [-0.1, -0.05) is 43.8 Å². The van der Waals surface area contributed by atoms with Gasteiger partial charge in [-0.15, -0.1) is 18.3 Å². The van der Waals surface area contributed by atoms with E-state index in [1.54, 1.807) is 0 Å². The molecule has 1 saturated heterocycles. The zero-order valence-corrected chi connectivity index (χ0v) is 25.1. The third-order valence-electron chi connectivity index (χ3n) is 6.56. The molecule has 0 bridgehead atoms. The van der Waals surface area contributed by atoms with Crippen LogP contribution in [0.2, 0.25) is 0 Å². The molecule has 0 radical (unpaired) electrons. The minimum Gasteiger partial charge on any atom is -0.457 e. The maximum absolute atomic E-state index is 14.9. The number of aliphatic imine (C=N–C) groups is 1. The van der Waals surface area contributed by atoms with Crippen LogP contribution < -0.4 is 19.7 Å². The Bertz CT molecular complexity index is 1710. The molecule has 1 atom stereocenters. The summed E-state index contributed by atoms with van der Waals surface area (Å²) >= 11 is 1.21. The molecule has 2 heterocycles. The van der Waals surface area contributed by atoms with Crippen molar-refractivity contribution in [3.8, 4) is 17.4 Å². The lowest BCUT2D eigenvalue weighted by Gasteiger charge is -2.23. The summed E-state index contributed by atoms with van der Waals surface area (Å²) in [7, 11) is 0. The fourth-order valence-electron chi connectivity index (χ4n) is 4.45. The second-order valence-corrected chi connectivity index (χ2v) is 11.2. The van der Waals surface area contributed by atoms with Crippen molar-refractivity contribution in [3.05, 3.63) is 89.5 Å². The molecule has 1 aliphatic heterocycles. The van der Waals surface area contributed by atoms with E-state index in [2.05, 4.69) is 25.1 Å². The zero-order valence-electron chi connectivity index (χ0n) is 24.2. The Kier molecular flexibility index (Phi) is 9.29. The highest BCUT2D eigenvalue weighted by molar-refractivity contribution is 8.15. The number of ether oxygens (including phenoxy) is 2. The molecule has 4 aromatic rings. The van der Waals surface area contributed by atoms with Crippen molar-refractivity contribution < 1.29 is 36.9 Å². The summed E-state index contributed by atoms with van der Waals surface area (Å²) in [5, 5.41) is 17.8. The lowest BCUT2D eigenvalue weighted by Crippen LogP contribution is -2.32. The van der Waals surface area contributed by atoms with E-state index in [4.69, 9.17) is 4.74 Å². The Morgan fingerprint density at radius 3 is 2.56 bits per heavy atom. The smallest absolute Gasteiger partial charge is 0.457 e. The van der Waals surface area contributed by atoms with Gasteiger partial charge >= 0.3 is 12.4 Å². The number of carbonyl (C=O) groups is 1. The van der Waals surface area contributed by atoms with Crippen molar-refractivity contribution in [3.63, 3.8) is 0 Å². The molecule has 1 aliphatic rings. The number of carbonyl (C=O) groups excluding carboxylic acids is 1. The van der Waals surface area contributed by atoms with Crippen molar-refractivity contribution in [2.75, 3.05) is 16.0 Å². The number of hydrogen-bond donors (Lipinski definition) is 2. The number of hydrogen-bond acceptors (Lipinski definition) is 9. The number of amides is 1. The maximum atomic E-state index is 14.9. The summed E-state index contributed by atoms with van der Waals surface area (Å²) in [5.41, 5.74) is 3.49. The molecular formula is C30H28F4N6O4S. The molecule has 15 heteroatoms. The number of amidine groups is 1. The Morgan fingerprint density at radius 2 is 1.87 bits per heavy atom. The fourth-order valence-corrected chi connectivity index (χ4v) is 5.34. The molecule has 236 valence electrons. The lowest BCUT2D eigenvalue weighted by atomic mass is 9.99. The summed E-state index contributed by atoms with van der Waals surface area (Å²) in [5.74, 6) is -0.832. The molecule has 45 heavy (non-hydrogen) atoms. The number of thioether (sulfide) groups is 1. The summed E-state index contributed by atoms with van der Waals surface area (Å²) < 4.78 is 62.6. The minimum atomic E-state index is -4.80. The topological polar surface area (TPSA) is 114 Å². The molecule has 0 spiro atoms. The normalized spacial score (nSPS) is 15.2. The first-order chi connectivity index (χ1) is 21.4. The Morgan fingerprint density at radius 1 is 1.11 bits per heavy atom. The van der Waals surface area contributed by atoms with Gasteiger partial charge in [0.15, 0.2) is 5.17 Å². The van der Waals surface area contributed by atoms with E-state index in [1.165, 1.54) is 58.0 Å². The van der Waals surface area contributed by atoms with Gasteiger partial charge in [0.25, 0.3) is 0 Å². The summed E-state index contributed by atoms with van der Waals surface area (Å²) in [6, 6.07) is 14.9. The number of aromatic nitrogens is 3. The molecule has 10 nitrogen and oxygen atoms in total. The summed E-state index contributed by atoms with van der Waals surface area (Å²) in [4.78, 5) is 22.6. The number of halogens is 4. The van der Waals surface area contributed by atoms with Crippen LogP contribution in [-0.2, 0) is 11.4 Å². The average molecular weight is 645 g/mol. The monoisotopic (exact) mass is 644 g/mol. The Hall–Kier alpha value is -4.63. The van der Waals surface area contributed by atoms with Crippen LogP contribution in [0.15, 0.2) is 72.0 Å². The largest absolute Gasteiger partial charge is 0.573 e. The number of nitrogens with zero attached hydrogens (tertiary/aromatic N) is 5. The second-order valence-electron chi connectivity index (χ2n) is 10.3. The Labute approximate surface area is 259 Å². The van der Waals surface area contributed by atoms with E-state index < -0.39 is 18.5 Å². The molecule has 1 aromatic heterocycles. The summed E-state index contributed by atoms with van der Waals surface area (Å²) in [6.07, 6.45) is -4.97. The SMILES string of the molecule is Cc1ccc(C(C)C)c(N2C(=O)CSC2=NC(O)Nc2ccc(COc3ncn(-c4ccc(OC(F)(F)F)cc4)n3)c(F)c2)c1. The van der Waals surface area contributed by atoms with Gasteiger partial charge in [-0.2, -0.15) is 4.98 Å². The zero-order chi connectivity index (χ0) is 32.3. The molecule has 3 aromatic carbocycles. The highest BCUT2D eigenvalue weighted by Gasteiger charge is 2.33. The predicted molar refractivity (Wildman–Crippen MR) is 161 cm³/mol. The van der Waals surface area contributed by atoms with E-state index in [0.29, 0.717) is 16.5 Å². The predicted octanol–water partition coefficient (Wildman–Crippen LogP) is 6.14. The van der Waals surface area contributed by atoms with Gasteiger partial charge < -0.3 is 19.9 Å². The molecule has 1 fully saturated rings. The molecule has 1 unspecified atom stereocenters. The van der Waals surface area contributed by atoms with Crippen LogP contribution in [0.4, 0.5) is 28.9 Å². The van der Waals surface area contributed by atoms with Crippen molar-refractivity contribution >= 4 is 34.2 Å². The number of anilines is 2. The number of benzene rings is 3. The first-order valence-electron chi connectivity index (χ1n) is 13.6. The fraction of sp³-hybridized carbons (Fsp3) is 0.267. The molecule has 0 saturated carbocycles. The maximum Gasteiger partial charge on any atom is 0.573 e. The van der Waals surface area contributed by atoms with E-state index in [-0.39, 0.29) is 47.2 Å². The second kappa shape index (κ2) is 13.2. The Balaban J connectivity index is 1.21. The van der Waals surface area contributed by atoms with Crippen LogP contribution >= 0.6 is 11.8 Å². The molecule has 5 rings (SSSR count). The third kappa shape index (κ3) is 7.91. The van der Waals surface area contributed by atoms with Crippen LogP contribution in [0, 0.1) is 12.7 Å². The molecular weight excluding hydrogens is 616 g/mol. The van der Waals surface area contributed by atoms with Crippen LogP contribution in [0.5, 0.6) is 11.8 Å². The minimum absolute atomic E-state index is 0.0825. The van der Waals surface area contributed by atoms with E-state index >= 15 is 0 Å². The number of aryl methyl sites for hydroxylation is 1. The van der Waals surface area contributed by atoms with Gasteiger partial charge in [0.1, 0.15) is 24.5 Å². The van der Waals surface area contributed by atoms with Crippen molar-refractivity contribution in [2.45, 2.75) is 46.0 Å². The molecule has 1 amide bonds. The van der Waals surface area contributed by atoms with Gasteiger partial charge in [-0.3, -0.25) is 9.69 Å². The van der Waals surface area contributed by atoms with Crippen molar-refractivity contribution in [2.24, 2.45) is 4.99 Å².